The molecule has 7 saturated heterocycles. The van der Waals surface area contributed by atoms with Crippen molar-refractivity contribution in [2.24, 2.45) is 11.3 Å². The number of aryl methyl sites for hydroxylation is 3. The van der Waals surface area contributed by atoms with Gasteiger partial charge in [-0.25, -0.2) is 14.4 Å². The summed E-state index contributed by atoms with van der Waals surface area (Å²) in [5.74, 6) is 0.774. The predicted molar refractivity (Wildman–Crippen MR) is 516 cm³/mol. The van der Waals surface area contributed by atoms with Gasteiger partial charge in [0, 0.05) is 180 Å². The Morgan fingerprint density at radius 1 is 0.516 bits per heavy atom. The zero-order valence-corrected chi connectivity index (χ0v) is 78.2. The molecule has 6 unspecified atom stereocenters. The second-order valence-corrected chi connectivity index (χ2v) is 41.1. The van der Waals surface area contributed by atoms with Crippen molar-refractivity contribution in [2.75, 3.05) is 114 Å². The smallest absolute Gasteiger partial charge is 0.326 e. The second kappa shape index (κ2) is 42.0. The molecule has 0 aliphatic carbocycles. The van der Waals surface area contributed by atoms with Crippen molar-refractivity contribution in [1.82, 2.24) is 58.6 Å². The number of carbonyl (C=O) groups excluding carboxylic acids is 8. The van der Waals surface area contributed by atoms with Crippen LogP contribution in [0.2, 0.25) is 0 Å². The van der Waals surface area contributed by atoms with Gasteiger partial charge in [0.05, 0.1) is 21.4 Å². The predicted octanol–water partition coefficient (Wildman–Crippen LogP) is 16.9. The summed E-state index contributed by atoms with van der Waals surface area (Å²) in [6.07, 6.45) is 13.8. The molecule has 6 aromatic carbocycles. The lowest BCUT2D eigenvalue weighted by molar-refractivity contribution is -0.137. The molecular formula is C101H131N15O9S3. The van der Waals surface area contributed by atoms with E-state index in [4.69, 9.17) is 0 Å². The molecular weight excluding hydrogens is 1660 g/mol. The number of carbonyl (C=O) groups is 8. The van der Waals surface area contributed by atoms with E-state index in [0.29, 0.717) is 90.8 Å². The third kappa shape index (κ3) is 22.2. The first kappa shape index (κ1) is 92.4. The Hall–Kier alpha value is -10.4. The fourth-order valence-electron chi connectivity index (χ4n) is 19.5. The van der Waals surface area contributed by atoms with E-state index in [9.17, 15) is 43.2 Å². The van der Waals surface area contributed by atoms with Gasteiger partial charge < -0.3 is 64.6 Å². The number of nitrogens with zero attached hydrogens (tertiary/aromatic N) is 12. The second-order valence-electron chi connectivity index (χ2n) is 37.3. The molecule has 7 fully saturated rings. The number of amides is 10. The minimum Gasteiger partial charge on any atom is -0.369 e. The maximum absolute atomic E-state index is 14.1. The van der Waals surface area contributed by atoms with Gasteiger partial charge in [0.25, 0.3) is 0 Å². The summed E-state index contributed by atoms with van der Waals surface area (Å²) in [6, 6.07) is 52.8. The van der Waals surface area contributed by atoms with Crippen LogP contribution in [0.5, 0.6) is 0 Å². The fourth-order valence-corrected chi connectivity index (χ4v) is 24.2. The highest BCUT2D eigenvalue weighted by molar-refractivity contribution is 8.01. The highest BCUT2D eigenvalue weighted by atomic mass is 32.2. The Kier molecular flexibility index (Phi) is 30.3. The van der Waals surface area contributed by atoms with E-state index in [-0.39, 0.29) is 120 Å². The fraction of sp³-hybridized carbons (Fsp3) is 0.485. The number of fused-ring (bicyclic) bond motifs is 2. The summed E-state index contributed by atoms with van der Waals surface area (Å²) >= 11 is 4.87. The van der Waals surface area contributed by atoms with Crippen LogP contribution in [0.3, 0.4) is 0 Å². The number of urea groups is 2. The first-order chi connectivity index (χ1) is 61.8. The number of para-hydroxylation sites is 3. The number of thioether (sulfide) groups is 3. The number of aromatic nitrogens is 3. The number of nitrogens with one attached hydrogen (secondary N) is 3. The Bertz CT molecular complexity index is 5260. The molecule has 9 aliphatic heterocycles. The Morgan fingerprint density at radius 2 is 1.00 bits per heavy atom. The molecule has 2 aromatic heterocycles. The van der Waals surface area contributed by atoms with E-state index in [1.165, 1.54) is 33.5 Å². The molecule has 0 bridgehead atoms. The highest BCUT2D eigenvalue weighted by Crippen LogP contribution is 2.51. The van der Waals surface area contributed by atoms with Gasteiger partial charge in [0.15, 0.2) is 0 Å². The molecule has 9 aliphatic rings. The molecule has 128 heavy (non-hydrogen) atoms. The van der Waals surface area contributed by atoms with E-state index in [0.717, 1.165) is 129 Å². The molecule has 0 spiro atoms. The van der Waals surface area contributed by atoms with Gasteiger partial charge in [0.2, 0.25) is 35.4 Å². The number of imidazole rings is 1. The van der Waals surface area contributed by atoms with E-state index in [1.54, 1.807) is 52.2 Å². The minimum absolute atomic E-state index is 0. The van der Waals surface area contributed by atoms with Crippen molar-refractivity contribution in [3.63, 3.8) is 0 Å². The number of likely N-dealkylation sites (N-methyl/N-ethyl adjacent to an activating group) is 1. The standard InChI is InChI=1S/C37H52N6O3S.C32H33N5O3S.C32H42N4O3S.2H2/c1-5-39-22-24-40(25-23-39)31-13-9-7-11-29(31)35-43(21-17-37(2,3)4)34(45)32(47-35)26-33(44)41-18-15-28(16-19-41)42-20-14-27-10-6-8-12-30(27)38-36(42)46;38-29(35-18-14-26(15-19-35)37-22-27(34-32(37)40)24-7-3-1-4-8-24)21-28-30(39)36(20-13-23-11-16-33-17-12-23)31(41-28)25-9-5-2-6-10-25;1-20(2)10-15-35-30(38)27(40-31(35)29-22(4)16-21(3)17-23(29)5)18-28(37)34-13-11-25(12-14-34)36-19-24-8-6-7-9-26(24)33-32(36)39;;/h6-13,28,32,35H,5,14-26H2,1-4H3,(H,38,46);1-12,16-17,22,26,28,31H,13-15,18-21H2,(H,34,40);6-9,16-17,20,25,27,31H,10-15,18-19H2,1-5H3,(H,33,39);2*1H. The average molecular weight is 1800 g/mol. The van der Waals surface area contributed by atoms with Crippen molar-refractivity contribution >= 4 is 99.9 Å². The zero-order chi connectivity index (χ0) is 89.9. The number of aromatic amines is 1. The van der Waals surface area contributed by atoms with Crippen LogP contribution in [0.1, 0.15) is 187 Å². The molecule has 0 saturated carbocycles. The summed E-state index contributed by atoms with van der Waals surface area (Å²) < 4.78 is 1.77. The Labute approximate surface area is 770 Å². The third-order valence-electron chi connectivity index (χ3n) is 26.9. The molecule has 10 amide bonds. The number of piperidine rings is 3. The van der Waals surface area contributed by atoms with Crippen LogP contribution in [0, 0.1) is 32.1 Å². The van der Waals surface area contributed by atoms with Crippen molar-refractivity contribution < 1.29 is 41.2 Å². The van der Waals surface area contributed by atoms with Crippen molar-refractivity contribution in [3.8, 4) is 11.3 Å². The SMILES string of the molecule is CCN1CCN(c2ccccc2C2SC(CC(=O)N3CCC(N4CCc5ccccc5NC4=O)CC3)C(=O)N2CCC(C)(C)C)CC1.Cc1cc(C)c(C2SC(CC(=O)N3CCC(N4Cc5ccccc5NC4=O)CC3)C(=O)N2CCC(C)C)c(C)c1.O=C(CC1SC(c2ccccc2)N(CCc2ccncc2)C1=O)N1CCC(n2cc(-c3ccccc3)[nH]c2=O)CC1.[HH].[HH]. The lowest BCUT2D eigenvalue weighted by Crippen LogP contribution is -2.51. The topological polar surface area (TPSA) is 244 Å². The van der Waals surface area contributed by atoms with Crippen LogP contribution in [0.4, 0.5) is 26.7 Å². The average Bonchev–Trinajstić information content (AvgIpc) is 1.63. The number of benzene rings is 6. The molecule has 682 valence electrons. The summed E-state index contributed by atoms with van der Waals surface area (Å²) in [7, 11) is 0. The number of likely N-dealkylation sites (tertiary alicyclic amines) is 3. The summed E-state index contributed by atoms with van der Waals surface area (Å²) in [6.45, 7) is 31.5. The number of anilines is 3. The number of hydrogen-bond donors (Lipinski definition) is 3. The van der Waals surface area contributed by atoms with E-state index in [1.807, 2.05) is 156 Å². The van der Waals surface area contributed by atoms with Gasteiger partial charge in [0.1, 0.15) is 16.1 Å². The summed E-state index contributed by atoms with van der Waals surface area (Å²) in [4.78, 5) is 148. The minimum atomic E-state index is -0.413. The van der Waals surface area contributed by atoms with Crippen molar-refractivity contribution in [2.45, 2.75) is 202 Å². The molecule has 6 atom stereocenters. The normalized spacial score (nSPS) is 21.5. The van der Waals surface area contributed by atoms with Gasteiger partial charge in [-0.2, -0.15) is 0 Å². The van der Waals surface area contributed by atoms with E-state index < -0.39 is 10.5 Å². The Morgan fingerprint density at radius 3 is 1.57 bits per heavy atom. The lowest BCUT2D eigenvalue weighted by Gasteiger charge is -2.40. The van der Waals surface area contributed by atoms with Crippen molar-refractivity contribution in [3.05, 3.63) is 237 Å². The molecule has 27 heteroatoms. The lowest BCUT2D eigenvalue weighted by atomic mass is 9.92. The first-order valence-corrected chi connectivity index (χ1v) is 49.1. The number of piperazine rings is 1. The highest BCUT2D eigenvalue weighted by Gasteiger charge is 2.48. The molecule has 24 nitrogen and oxygen atoms in total. The van der Waals surface area contributed by atoms with Crippen LogP contribution >= 0.6 is 35.3 Å². The molecule has 8 aromatic rings. The Balaban J connectivity index is 0.000000166. The summed E-state index contributed by atoms with van der Waals surface area (Å²) in [5.41, 5.74) is 15.2. The van der Waals surface area contributed by atoms with Gasteiger partial charge in [-0.05, 0) is 178 Å². The molecule has 17 rings (SSSR count). The quantitative estimate of drug-likeness (QED) is 0.0539. The monoisotopic (exact) mass is 1790 g/mol. The van der Waals surface area contributed by atoms with E-state index >= 15 is 0 Å². The van der Waals surface area contributed by atoms with Crippen LogP contribution in [-0.2, 0) is 48.2 Å². The number of H-pyrrole nitrogens is 1. The van der Waals surface area contributed by atoms with Crippen LogP contribution < -0.4 is 21.2 Å². The van der Waals surface area contributed by atoms with Gasteiger partial charge >= 0.3 is 17.8 Å². The first-order valence-electron chi connectivity index (χ1n) is 46.3. The van der Waals surface area contributed by atoms with Gasteiger partial charge in [-0.15, -0.1) is 35.3 Å². The van der Waals surface area contributed by atoms with Crippen LogP contribution in [0.15, 0.2) is 181 Å². The van der Waals surface area contributed by atoms with Gasteiger partial charge in [-0.3, -0.25) is 38.3 Å². The van der Waals surface area contributed by atoms with E-state index in [2.05, 4.69) is 140 Å². The maximum Gasteiger partial charge on any atom is 0.326 e. The summed E-state index contributed by atoms with van der Waals surface area (Å²) in [5, 5.41) is 4.62. The number of rotatable bonds is 23. The number of hydrogen-bond acceptors (Lipinski definition) is 15. The third-order valence-corrected chi connectivity index (χ3v) is 31.3. The zero-order valence-electron chi connectivity index (χ0n) is 75.8. The van der Waals surface area contributed by atoms with Crippen LogP contribution in [0.25, 0.3) is 11.3 Å². The maximum atomic E-state index is 14.1. The van der Waals surface area contributed by atoms with Gasteiger partial charge in [-0.1, -0.05) is 174 Å². The molecule has 3 N–H and O–H groups in total. The van der Waals surface area contributed by atoms with Crippen LogP contribution in [-0.4, -0.2) is 232 Å². The largest absolute Gasteiger partial charge is 0.369 e. The molecule has 11 heterocycles. The molecule has 0 radical (unpaired) electrons. The van der Waals surface area contributed by atoms with Crippen molar-refractivity contribution in [1.29, 1.82) is 0 Å². The number of pyridine rings is 1.